The molecule has 0 bridgehead atoms. The van der Waals surface area contributed by atoms with Gasteiger partial charge in [-0.3, -0.25) is 0 Å². The van der Waals surface area contributed by atoms with Crippen LogP contribution in [0, 0.1) is 0 Å². The normalized spacial score (nSPS) is 12.4. The number of urea groups is 1. The van der Waals surface area contributed by atoms with Crippen molar-refractivity contribution in [3.8, 4) is 0 Å². The van der Waals surface area contributed by atoms with Crippen molar-refractivity contribution in [3.05, 3.63) is 95.0 Å². The summed E-state index contributed by atoms with van der Waals surface area (Å²) in [7, 11) is 3.48. The first-order valence-electron chi connectivity index (χ1n) is 13.7. The summed E-state index contributed by atoms with van der Waals surface area (Å²) < 4.78 is 0. The van der Waals surface area contributed by atoms with Crippen molar-refractivity contribution in [2.45, 2.75) is 26.0 Å². The first kappa shape index (κ1) is 33.2. The van der Waals surface area contributed by atoms with E-state index in [1.165, 1.54) is 31.0 Å². The zero-order valence-electron chi connectivity index (χ0n) is 23.9. The van der Waals surface area contributed by atoms with Gasteiger partial charge in [-0.05, 0) is 67.1 Å². The third kappa shape index (κ3) is 7.87. The highest BCUT2D eigenvalue weighted by atomic mass is 35.5. The van der Waals surface area contributed by atoms with Gasteiger partial charge >= 0.3 is 6.03 Å². The second-order valence-electron chi connectivity index (χ2n) is 9.94. The van der Waals surface area contributed by atoms with E-state index in [-0.39, 0.29) is 18.4 Å². The number of rotatable bonds is 6. The van der Waals surface area contributed by atoms with Crippen molar-refractivity contribution in [2.24, 2.45) is 5.73 Å². The van der Waals surface area contributed by atoms with Crippen LogP contribution in [0.3, 0.4) is 0 Å². The van der Waals surface area contributed by atoms with E-state index in [0.717, 1.165) is 40.9 Å². The van der Waals surface area contributed by atoms with Crippen LogP contribution in [0.5, 0.6) is 0 Å². The molecular formula is C32H34Cl3N5OS2. The molecule has 0 aliphatic carbocycles. The highest BCUT2D eigenvalue weighted by Crippen LogP contribution is 2.49. The molecule has 2 aliphatic rings. The molecule has 0 unspecified atom stereocenters. The smallest absolute Gasteiger partial charge is 0.316 e. The van der Waals surface area contributed by atoms with Crippen LogP contribution in [-0.4, -0.2) is 51.2 Å². The second kappa shape index (κ2) is 15.3. The van der Waals surface area contributed by atoms with Crippen LogP contribution in [0.1, 0.15) is 6.42 Å². The number of nitrogens with two attached hydrogens (primary N) is 1. The van der Waals surface area contributed by atoms with E-state index in [1.807, 2.05) is 24.3 Å². The van der Waals surface area contributed by atoms with Crippen LogP contribution in [0.15, 0.2) is 105 Å². The number of hydrogen-bond acceptors (Lipinski definition) is 6. The molecule has 4 aromatic rings. The maximum atomic E-state index is 11.6. The van der Waals surface area contributed by atoms with Gasteiger partial charge in [0.15, 0.2) is 0 Å². The van der Waals surface area contributed by atoms with Crippen molar-refractivity contribution >= 4 is 87.9 Å². The van der Waals surface area contributed by atoms with Gasteiger partial charge in [-0.15, -0.1) is 12.4 Å². The molecule has 0 saturated carbocycles. The van der Waals surface area contributed by atoms with E-state index < -0.39 is 0 Å². The van der Waals surface area contributed by atoms with Crippen molar-refractivity contribution < 1.29 is 4.79 Å². The monoisotopic (exact) mass is 673 g/mol. The minimum atomic E-state index is -0.0620. The summed E-state index contributed by atoms with van der Waals surface area (Å²) in [6, 6.07) is 28.7. The van der Waals surface area contributed by atoms with Gasteiger partial charge in [-0.25, -0.2) is 4.79 Å². The standard InChI is InChI=1S/C18H20ClN3OS.C14H13ClN2S.ClH/c1-21(2)18(23)20-10-5-11-22-14-6-3-4-7-16(14)24-17-9-8-13(19)12-15(17)22;15-10-5-6-14-12(9-10)17(8-7-16)11-3-1-2-4-13(11)18-14;/h3-4,6-9,12H,5,10-11H2,1-2H3,(H,20,23);1-6,9H,7-8,16H2;1H. The molecule has 11 heteroatoms. The van der Waals surface area contributed by atoms with E-state index in [9.17, 15) is 4.79 Å². The summed E-state index contributed by atoms with van der Waals surface area (Å²) in [6.07, 6.45) is 0.852. The molecule has 0 fully saturated rings. The Balaban J connectivity index is 0.000000199. The van der Waals surface area contributed by atoms with E-state index in [2.05, 4.69) is 75.8 Å². The van der Waals surface area contributed by atoms with Crippen LogP contribution in [0.2, 0.25) is 10.0 Å². The summed E-state index contributed by atoms with van der Waals surface area (Å²) in [5.74, 6) is 0. The number of carbonyl (C=O) groups excluding carboxylic acids is 1. The molecular weight excluding hydrogens is 641 g/mol. The van der Waals surface area contributed by atoms with E-state index >= 15 is 0 Å². The highest BCUT2D eigenvalue weighted by Gasteiger charge is 2.24. The zero-order chi connectivity index (χ0) is 29.6. The average Bonchev–Trinajstić information content (AvgIpc) is 2.99. The summed E-state index contributed by atoms with van der Waals surface area (Å²) in [5, 5.41) is 4.41. The lowest BCUT2D eigenvalue weighted by atomic mass is 10.2. The molecule has 6 rings (SSSR count). The molecule has 0 radical (unpaired) electrons. The van der Waals surface area contributed by atoms with Crippen LogP contribution in [-0.2, 0) is 0 Å². The van der Waals surface area contributed by atoms with Crippen LogP contribution in [0.4, 0.5) is 27.5 Å². The predicted octanol–water partition coefficient (Wildman–Crippen LogP) is 8.93. The fraction of sp³-hybridized carbons (Fsp3) is 0.219. The van der Waals surface area contributed by atoms with E-state index in [0.29, 0.717) is 13.1 Å². The molecule has 0 spiro atoms. The second-order valence-corrected chi connectivity index (χ2v) is 13.0. The van der Waals surface area contributed by atoms with Gasteiger partial charge in [-0.1, -0.05) is 71.0 Å². The summed E-state index contributed by atoms with van der Waals surface area (Å²) in [6.45, 7) is 2.87. The number of carbonyl (C=O) groups is 1. The number of nitrogens with zero attached hydrogens (tertiary/aromatic N) is 3. The molecule has 0 saturated heterocycles. The van der Waals surface area contributed by atoms with Gasteiger partial charge in [0.1, 0.15) is 0 Å². The van der Waals surface area contributed by atoms with Crippen LogP contribution < -0.4 is 20.9 Å². The molecule has 2 heterocycles. The molecule has 6 nitrogen and oxygen atoms in total. The molecule has 2 aliphatic heterocycles. The Kier molecular flexibility index (Phi) is 11.8. The highest BCUT2D eigenvalue weighted by molar-refractivity contribution is 8.00. The molecule has 3 N–H and O–H groups in total. The van der Waals surface area contributed by atoms with E-state index in [4.69, 9.17) is 28.9 Å². The molecule has 0 aromatic heterocycles. The third-order valence-electron chi connectivity index (χ3n) is 6.77. The Morgan fingerprint density at radius 3 is 1.70 bits per heavy atom. The number of halogens is 3. The average molecular weight is 675 g/mol. The molecule has 2 amide bonds. The molecule has 4 aromatic carbocycles. The minimum Gasteiger partial charge on any atom is -0.340 e. The zero-order valence-corrected chi connectivity index (χ0v) is 27.9. The third-order valence-corrected chi connectivity index (χ3v) is 9.50. The Hall–Kier alpha value is -2.72. The molecule has 0 atom stereocenters. The Bertz CT molecular complexity index is 1570. The summed E-state index contributed by atoms with van der Waals surface area (Å²) >= 11 is 15.9. The lowest BCUT2D eigenvalue weighted by Crippen LogP contribution is -2.36. The van der Waals surface area contributed by atoms with Crippen molar-refractivity contribution in [1.82, 2.24) is 10.2 Å². The maximum Gasteiger partial charge on any atom is 0.316 e. The quantitative estimate of drug-likeness (QED) is 0.199. The molecule has 226 valence electrons. The first-order chi connectivity index (χ1) is 20.4. The van der Waals surface area contributed by atoms with Gasteiger partial charge in [-0.2, -0.15) is 0 Å². The van der Waals surface area contributed by atoms with Crippen molar-refractivity contribution in [3.63, 3.8) is 0 Å². The van der Waals surface area contributed by atoms with Gasteiger partial charge in [0.25, 0.3) is 0 Å². The van der Waals surface area contributed by atoms with Crippen molar-refractivity contribution in [2.75, 3.05) is 50.1 Å². The fourth-order valence-electron chi connectivity index (χ4n) is 4.81. The van der Waals surface area contributed by atoms with Gasteiger partial charge in [0.2, 0.25) is 0 Å². The maximum absolute atomic E-state index is 11.6. The number of amides is 2. The first-order valence-corrected chi connectivity index (χ1v) is 16.1. The fourth-order valence-corrected chi connectivity index (χ4v) is 7.29. The largest absolute Gasteiger partial charge is 0.340 e. The van der Waals surface area contributed by atoms with Gasteiger partial charge in [0, 0.05) is 69.9 Å². The SMILES string of the molecule is CN(C)C(=O)NCCCN1c2ccccc2Sc2ccc(Cl)cc21.Cl.NCCN1c2ccccc2Sc2ccc(Cl)cc21. The lowest BCUT2D eigenvalue weighted by Gasteiger charge is -2.33. The topological polar surface area (TPSA) is 64.8 Å². The Labute approximate surface area is 278 Å². The number of para-hydroxylation sites is 2. The summed E-state index contributed by atoms with van der Waals surface area (Å²) in [5.41, 5.74) is 10.4. The van der Waals surface area contributed by atoms with Crippen LogP contribution >= 0.6 is 59.1 Å². The van der Waals surface area contributed by atoms with Crippen LogP contribution in [0.25, 0.3) is 0 Å². The number of fused-ring (bicyclic) bond motifs is 4. The number of benzene rings is 4. The lowest BCUT2D eigenvalue weighted by molar-refractivity contribution is 0.217. The van der Waals surface area contributed by atoms with E-state index in [1.54, 1.807) is 42.5 Å². The Morgan fingerprint density at radius 2 is 1.21 bits per heavy atom. The van der Waals surface area contributed by atoms with Gasteiger partial charge < -0.3 is 25.8 Å². The minimum absolute atomic E-state index is 0. The number of anilines is 4. The van der Waals surface area contributed by atoms with Crippen molar-refractivity contribution in [1.29, 1.82) is 0 Å². The number of hydrogen-bond donors (Lipinski definition) is 2. The van der Waals surface area contributed by atoms with Gasteiger partial charge in [0.05, 0.1) is 22.7 Å². The molecule has 43 heavy (non-hydrogen) atoms. The number of nitrogens with one attached hydrogen (secondary N) is 1. The predicted molar refractivity (Wildman–Crippen MR) is 186 cm³/mol. The summed E-state index contributed by atoms with van der Waals surface area (Å²) in [4.78, 5) is 22.6. The Morgan fingerprint density at radius 1 is 0.744 bits per heavy atom.